The van der Waals surface area contributed by atoms with Crippen LogP contribution in [0.3, 0.4) is 0 Å². The average molecular weight is 421 g/mol. The lowest BCUT2D eigenvalue weighted by Crippen LogP contribution is -2.28. The van der Waals surface area contributed by atoms with Crippen LogP contribution in [0.25, 0.3) is 16.7 Å². The molecule has 0 aliphatic heterocycles. The predicted molar refractivity (Wildman–Crippen MR) is 121 cm³/mol. The smallest absolute Gasteiger partial charge is 0.261 e. The zero-order valence-electron chi connectivity index (χ0n) is 17.3. The van der Waals surface area contributed by atoms with Crippen molar-refractivity contribution in [2.24, 2.45) is 0 Å². The molecule has 1 aromatic carbocycles. The van der Waals surface area contributed by atoms with Gasteiger partial charge >= 0.3 is 0 Å². The largest absolute Gasteiger partial charge is 0.368 e. The van der Waals surface area contributed by atoms with E-state index >= 15 is 0 Å². The van der Waals surface area contributed by atoms with E-state index in [0.717, 1.165) is 46.0 Å². The second-order valence-electron chi connectivity index (χ2n) is 6.98. The van der Waals surface area contributed by atoms with Gasteiger partial charge in [-0.15, -0.1) is 11.3 Å². The second-order valence-corrected chi connectivity index (χ2v) is 7.93. The van der Waals surface area contributed by atoms with Crippen molar-refractivity contribution in [3.8, 4) is 5.69 Å². The third-order valence-electron chi connectivity index (χ3n) is 4.86. The number of hydrogen-bond donors (Lipinski definition) is 2. The van der Waals surface area contributed by atoms with Gasteiger partial charge in [-0.25, -0.2) is 14.6 Å². The van der Waals surface area contributed by atoms with E-state index in [2.05, 4.69) is 23.6 Å². The molecule has 2 N–H and O–H groups in total. The number of thiophene rings is 1. The number of rotatable bonds is 7. The molecule has 0 radical (unpaired) electrons. The van der Waals surface area contributed by atoms with Crippen molar-refractivity contribution in [2.75, 3.05) is 18.4 Å². The average Bonchev–Trinajstić information content (AvgIpc) is 3.40. The fraction of sp³-hybridized carbons (Fsp3) is 0.273. The first kappa shape index (κ1) is 20.0. The number of aryl methyl sites for hydroxylation is 3. The van der Waals surface area contributed by atoms with Crippen LogP contribution in [-0.2, 0) is 6.42 Å². The zero-order valence-corrected chi connectivity index (χ0v) is 18.1. The van der Waals surface area contributed by atoms with Gasteiger partial charge in [0.15, 0.2) is 5.65 Å². The van der Waals surface area contributed by atoms with Crippen LogP contribution in [0.4, 0.5) is 5.82 Å². The van der Waals surface area contributed by atoms with Crippen molar-refractivity contribution in [3.05, 3.63) is 63.7 Å². The van der Waals surface area contributed by atoms with Crippen LogP contribution in [0.1, 0.15) is 33.7 Å². The van der Waals surface area contributed by atoms with E-state index < -0.39 is 0 Å². The summed E-state index contributed by atoms with van der Waals surface area (Å²) in [7, 11) is 0. The Morgan fingerprint density at radius 3 is 2.67 bits per heavy atom. The number of nitrogens with one attached hydrogen (secondary N) is 2. The van der Waals surface area contributed by atoms with E-state index in [-0.39, 0.29) is 5.91 Å². The summed E-state index contributed by atoms with van der Waals surface area (Å²) in [5, 5.41) is 13.8. The van der Waals surface area contributed by atoms with E-state index in [1.165, 1.54) is 11.3 Å². The summed E-state index contributed by atoms with van der Waals surface area (Å²) >= 11 is 1.43. The van der Waals surface area contributed by atoms with Crippen molar-refractivity contribution in [1.29, 1.82) is 0 Å². The molecule has 0 aliphatic rings. The summed E-state index contributed by atoms with van der Waals surface area (Å²) < 4.78 is 1.89. The number of fused-ring (bicyclic) bond motifs is 1. The number of carbonyl (C=O) groups is 1. The number of hydrogen-bond acceptors (Lipinski definition) is 6. The van der Waals surface area contributed by atoms with Gasteiger partial charge in [0.05, 0.1) is 21.6 Å². The van der Waals surface area contributed by atoms with Crippen LogP contribution in [0.5, 0.6) is 0 Å². The monoisotopic (exact) mass is 420 g/mol. The molecule has 0 atom stereocenters. The molecule has 0 spiro atoms. The first-order valence-electron chi connectivity index (χ1n) is 9.96. The van der Waals surface area contributed by atoms with Crippen molar-refractivity contribution in [3.63, 3.8) is 0 Å². The Bertz CT molecular complexity index is 1180. The van der Waals surface area contributed by atoms with Gasteiger partial charge in [0.1, 0.15) is 11.6 Å². The topological polar surface area (TPSA) is 84.7 Å². The van der Waals surface area contributed by atoms with Crippen molar-refractivity contribution < 1.29 is 4.79 Å². The molecule has 3 aromatic heterocycles. The maximum atomic E-state index is 12.1. The molecule has 7 nitrogen and oxygen atoms in total. The predicted octanol–water partition coefficient (Wildman–Crippen LogP) is 3.90. The van der Waals surface area contributed by atoms with Gasteiger partial charge in [0.2, 0.25) is 0 Å². The molecule has 0 fully saturated rings. The lowest BCUT2D eigenvalue weighted by Gasteiger charge is -2.11. The molecular formula is C22H24N6OS. The quantitative estimate of drug-likeness (QED) is 0.443. The van der Waals surface area contributed by atoms with Crippen molar-refractivity contribution in [1.82, 2.24) is 25.1 Å². The third-order valence-corrected chi connectivity index (χ3v) is 5.73. The number of nitrogens with zero attached hydrogens (tertiary/aromatic N) is 4. The third kappa shape index (κ3) is 3.91. The van der Waals surface area contributed by atoms with Gasteiger partial charge < -0.3 is 10.6 Å². The van der Waals surface area contributed by atoms with Gasteiger partial charge in [0.25, 0.3) is 5.91 Å². The summed E-state index contributed by atoms with van der Waals surface area (Å²) in [4.78, 5) is 22.3. The van der Waals surface area contributed by atoms with E-state index in [1.807, 2.05) is 54.2 Å². The Morgan fingerprint density at radius 1 is 1.10 bits per heavy atom. The lowest BCUT2D eigenvalue weighted by molar-refractivity contribution is 0.0959. The standard InChI is InChI=1S/C22H24N6OS/c1-4-18-25-20(23-11-12-24-22(29)17-10-7-13-30-17)19-15(3)27-28(21(19)26-18)16-9-6-5-8-14(16)2/h5-10,13H,4,11-12H2,1-3H3,(H,24,29)(H,23,25,26). The normalized spacial score (nSPS) is 11.0. The molecule has 4 rings (SSSR count). The Balaban J connectivity index is 1.60. The van der Waals surface area contributed by atoms with Crippen LogP contribution in [-0.4, -0.2) is 38.7 Å². The van der Waals surface area contributed by atoms with Crippen LogP contribution >= 0.6 is 11.3 Å². The molecule has 4 aromatic rings. The van der Waals surface area contributed by atoms with E-state index in [1.54, 1.807) is 0 Å². The molecule has 8 heteroatoms. The van der Waals surface area contributed by atoms with Gasteiger partial charge in [-0.1, -0.05) is 31.2 Å². The molecular weight excluding hydrogens is 396 g/mol. The zero-order chi connectivity index (χ0) is 21.1. The minimum atomic E-state index is -0.0579. The number of carbonyl (C=O) groups excluding carboxylic acids is 1. The molecule has 0 saturated heterocycles. The second kappa shape index (κ2) is 8.62. The van der Waals surface area contributed by atoms with E-state index in [9.17, 15) is 4.79 Å². The molecule has 0 aliphatic carbocycles. The summed E-state index contributed by atoms with van der Waals surface area (Å²) in [6, 6.07) is 11.8. The van der Waals surface area contributed by atoms with E-state index in [4.69, 9.17) is 15.1 Å². The molecule has 154 valence electrons. The SMILES string of the molecule is CCc1nc(NCCNC(=O)c2cccs2)c2c(C)nn(-c3ccccc3C)c2n1. The highest BCUT2D eigenvalue weighted by molar-refractivity contribution is 7.12. The molecule has 0 bridgehead atoms. The Labute approximate surface area is 179 Å². The summed E-state index contributed by atoms with van der Waals surface area (Å²) in [6.45, 7) is 7.12. The lowest BCUT2D eigenvalue weighted by atomic mass is 10.2. The fourth-order valence-electron chi connectivity index (χ4n) is 3.33. The van der Waals surface area contributed by atoms with Crippen LogP contribution in [0, 0.1) is 13.8 Å². The fourth-order valence-corrected chi connectivity index (χ4v) is 3.97. The van der Waals surface area contributed by atoms with Crippen LogP contribution < -0.4 is 10.6 Å². The highest BCUT2D eigenvalue weighted by Crippen LogP contribution is 2.27. The number of amides is 1. The minimum Gasteiger partial charge on any atom is -0.368 e. The van der Waals surface area contributed by atoms with Gasteiger partial charge in [0, 0.05) is 19.5 Å². The number of benzene rings is 1. The highest BCUT2D eigenvalue weighted by Gasteiger charge is 2.18. The minimum absolute atomic E-state index is 0.0579. The van der Waals surface area contributed by atoms with Gasteiger partial charge in [-0.2, -0.15) is 5.10 Å². The summed E-state index contributed by atoms with van der Waals surface area (Å²) in [6.07, 6.45) is 0.720. The maximum Gasteiger partial charge on any atom is 0.261 e. The van der Waals surface area contributed by atoms with Crippen molar-refractivity contribution >= 4 is 34.1 Å². The van der Waals surface area contributed by atoms with E-state index in [0.29, 0.717) is 18.0 Å². The van der Waals surface area contributed by atoms with Gasteiger partial charge in [-0.05, 0) is 36.9 Å². The summed E-state index contributed by atoms with van der Waals surface area (Å²) in [5.41, 5.74) is 3.79. The Morgan fingerprint density at radius 2 is 1.93 bits per heavy atom. The van der Waals surface area contributed by atoms with Crippen molar-refractivity contribution in [2.45, 2.75) is 27.2 Å². The Hall–Kier alpha value is -3.26. The molecule has 30 heavy (non-hydrogen) atoms. The number of aromatic nitrogens is 4. The number of para-hydroxylation sites is 1. The maximum absolute atomic E-state index is 12.1. The molecule has 0 unspecified atom stereocenters. The van der Waals surface area contributed by atoms with Crippen LogP contribution in [0.15, 0.2) is 41.8 Å². The number of anilines is 1. The summed E-state index contributed by atoms with van der Waals surface area (Å²) in [5.74, 6) is 1.44. The molecule has 0 saturated carbocycles. The Kier molecular flexibility index (Phi) is 5.76. The molecule has 1 amide bonds. The highest BCUT2D eigenvalue weighted by atomic mass is 32.1. The first-order chi connectivity index (χ1) is 14.6. The molecule has 3 heterocycles. The first-order valence-corrected chi connectivity index (χ1v) is 10.8. The van der Waals surface area contributed by atoms with Crippen LogP contribution in [0.2, 0.25) is 0 Å². The van der Waals surface area contributed by atoms with Gasteiger partial charge in [-0.3, -0.25) is 4.79 Å².